The zero-order valence-corrected chi connectivity index (χ0v) is 28.0. The van der Waals surface area contributed by atoms with E-state index in [9.17, 15) is 14.7 Å². The largest absolute Gasteiger partial charge is 0.390 e. The highest BCUT2D eigenvalue weighted by Gasteiger charge is 2.79. The average molecular weight is 669 g/mol. The van der Waals surface area contributed by atoms with Gasteiger partial charge in [0.1, 0.15) is 0 Å². The number of thioether (sulfide) groups is 2. The van der Waals surface area contributed by atoms with Crippen LogP contribution in [0.25, 0.3) is 0 Å². The van der Waals surface area contributed by atoms with Crippen molar-refractivity contribution in [3.8, 4) is 0 Å². The van der Waals surface area contributed by atoms with Crippen molar-refractivity contribution in [2.24, 2.45) is 22.7 Å². The molecule has 0 unspecified atom stereocenters. The molecule has 5 nitrogen and oxygen atoms in total. The lowest BCUT2D eigenvalue weighted by Crippen LogP contribution is -2.69. The van der Waals surface area contributed by atoms with E-state index in [4.69, 9.17) is 21.1 Å². The fourth-order valence-corrected chi connectivity index (χ4v) is 11.1. The van der Waals surface area contributed by atoms with Gasteiger partial charge in [0.25, 0.3) is 0 Å². The lowest BCUT2D eigenvalue weighted by atomic mass is 9.45. The number of hydrogen-bond acceptors (Lipinski definition) is 7. The third kappa shape index (κ3) is 4.61. The van der Waals surface area contributed by atoms with E-state index in [1.807, 2.05) is 19.1 Å². The number of rotatable bonds is 6. The molecule has 2 aromatic carbocycles. The van der Waals surface area contributed by atoms with Gasteiger partial charge in [0.15, 0.2) is 23.3 Å². The van der Waals surface area contributed by atoms with Crippen LogP contribution in [0.4, 0.5) is 4.39 Å². The summed E-state index contributed by atoms with van der Waals surface area (Å²) in [5.74, 6) is -0.152. The second-order valence-corrected chi connectivity index (χ2v) is 16.3. The molecule has 0 aromatic heterocycles. The van der Waals surface area contributed by atoms with E-state index in [1.165, 1.54) is 22.6 Å². The summed E-state index contributed by atoms with van der Waals surface area (Å²) in [5, 5.41) is 11.6. The van der Waals surface area contributed by atoms with Crippen LogP contribution in [0.2, 0.25) is 0 Å². The SMILES string of the molecule is Cc1ccc(SCc2ccc([C@@H]3O[C@@H]4C[C@H]5[C@@H]6CCC7=CC(=O)C=C[C@]7(C)[C@@]6(F)[C@@H](O)C[C@]5(C)[C@]4(C(=O)SCCl)O3)cc2)cc1. The van der Waals surface area contributed by atoms with Crippen LogP contribution in [0.5, 0.6) is 0 Å². The van der Waals surface area contributed by atoms with Crippen LogP contribution in [0.3, 0.4) is 0 Å². The van der Waals surface area contributed by atoms with Gasteiger partial charge in [-0.3, -0.25) is 9.59 Å². The van der Waals surface area contributed by atoms with E-state index in [1.54, 1.807) is 24.8 Å². The van der Waals surface area contributed by atoms with Gasteiger partial charge in [-0.25, -0.2) is 4.39 Å². The number of hydrogen-bond donors (Lipinski definition) is 1. The van der Waals surface area contributed by atoms with Crippen molar-refractivity contribution in [2.45, 2.75) is 86.9 Å². The minimum Gasteiger partial charge on any atom is -0.390 e. The Morgan fingerprint density at radius 1 is 1.11 bits per heavy atom. The van der Waals surface area contributed by atoms with E-state index >= 15 is 4.39 Å². The summed E-state index contributed by atoms with van der Waals surface area (Å²) in [6.45, 7) is 5.84. The van der Waals surface area contributed by atoms with Crippen molar-refractivity contribution in [1.29, 1.82) is 0 Å². The lowest BCUT2D eigenvalue weighted by Gasteiger charge is -2.62. The minimum absolute atomic E-state index is 0.0334. The van der Waals surface area contributed by atoms with Gasteiger partial charge in [-0.05, 0) is 75.3 Å². The van der Waals surface area contributed by atoms with Crippen LogP contribution >= 0.6 is 35.1 Å². The van der Waals surface area contributed by atoms with E-state index in [0.717, 1.165) is 34.2 Å². The Balaban J connectivity index is 1.17. The Hall–Kier alpha value is -1.94. The van der Waals surface area contributed by atoms with Gasteiger partial charge in [-0.15, -0.1) is 23.4 Å². The highest BCUT2D eigenvalue weighted by atomic mass is 35.5. The van der Waals surface area contributed by atoms with Crippen molar-refractivity contribution in [3.05, 3.63) is 89.0 Å². The van der Waals surface area contributed by atoms with Gasteiger partial charge < -0.3 is 14.6 Å². The maximum atomic E-state index is 17.6. The van der Waals surface area contributed by atoms with E-state index in [0.29, 0.717) is 19.3 Å². The molecule has 9 atom stereocenters. The number of benzene rings is 2. The Morgan fingerprint density at radius 2 is 1.84 bits per heavy atom. The fraction of sp³-hybridized carbons (Fsp3) is 0.500. The van der Waals surface area contributed by atoms with Crippen molar-refractivity contribution < 1.29 is 28.6 Å². The number of fused-ring (bicyclic) bond motifs is 7. The molecule has 2 aromatic rings. The normalized spacial score (nSPS) is 39.9. The predicted molar refractivity (Wildman–Crippen MR) is 176 cm³/mol. The third-order valence-electron chi connectivity index (χ3n) is 11.5. The molecule has 4 fully saturated rings. The van der Waals surface area contributed by atoms with Crippen molar-refractivity contribution in [1.82, 2.24) is 0 Å². The first-order valence-corrected chi connectivity index (χ1v) is 18.1. The van der Waals surface area contributed by atoms with E-state index < -0.39 is 46.5 Å². The molecule has 0 bridgehead atoms. The molecule has 0 radical (unpaired) electrons. The maximum absolute atomic E-state index is 17.6. The standard InChI is InChI=1S/C36H38ClFO5S2/c1-21-4-11-26(12-5-21)44-19-22-6-8-23(9-7-22)31-42-30-17-28-27-13-10-24-16-25(39)14-15-33(24,2)35(27,38)29(40)18-34(28,3)36(30,43-31)32(41)45-20-37/h4-9,11-12,14-16,27-31,40H,10,13,17-20H2,1-3H3/t27-,28-,29-,30+,31+,33-,34-,35-,36-/m0/s1. The van der Waals surface area contributed by atoms with Crippen LogP contribution in [0.15, 0.2) is 77.2 Å². The number of allylic oxidation sites excluding steroid dienone is 4. The molecule has 238 valence electrons. The van der Waals surface area contributed by atoms with Gasteiger partial charge in [-0.1, -0.05) is 72.3 Å². The third-order valence-corrected chi connectivity index (χ3v) is 13.6. The summed E-state index contributed by atoms with van der Waals surface area (Å²) in [6, 6.07) is 16.6. The lowest BCUT2D eigenvalue weighted by molar-refractivity contribution is -0.228. The molecule has 0 amide bonds. The summed E-state index contributed by atoms with van der Waals surface area (Å²) >= 11 is 8.85. The Morgan fingerprint density at radius 3 is 2.56 bits per heavy atom. The molecular weight excluding hydrogens is 631 g/mol. The molecular formula is C36H38ClFO5S2. The molecule has 1 heterocycles. The van der Waals surface area contributed by atoms with Crippen LogP contribution in [-0.4, -0.2) is 44.7 Å². The van der Waals surface area contributed by atoms with Crippen molar-refractivity contribution in [3.63, 3.8) is 0 Å². The quantitative estimate of drug-likeness (QED) is 0.248. The Bertz CT molecular complexity index is 1580. The van der Waals surface area contributed by atoms with Gasteiger partial charge >= 0.3 is 0 Å². The van der Waals surface area contributed by atoms with Crippen LogP contribution in [0.1, 0.15) is 62.5 Å². The topological polar surface area (TPSA) is 72.8 Å². The van der Waals surface area contributed by atoms with Crippen LogP contribution < -0.4 is 0 Å². The number of ketones is 1. The molecule has 3 saturated carbocycles. The second-order valence-electron chi connectivity index (χ2n) is 13.7. The van der Waals surface area contributed by atoms with Gasteiger partial charge in [0, 0.05) is 33.0 Å². The van der Waals surface area contributed by atoms with E-state index in [-0.39, 0.29) is 28.4 Å². The molecule has 1 saturated heterocycles. The first-order chi connectivity index (χ1) is 21.5. The van der Waals surface area contributed by atoms with Crippen molar-refractivity contribution >= 4 is 46.0 Å². The first-order valence-electron chi connectivity index (χ1n) is 15.6. The van der Waals surface area contributed by atoms with E-state index in [2.05, 4.69) is 43.3 Å². The molecule has 1 aliphatic heterocycles. The summed E-state index contributed by atoms with van der Waals surface area (Å²) < 4.78 is 31.0. The summed E-state index contributed by atoms with van der Waals surface area (Å²) in [6.07, 6.45) is 3.35. The average Bonchev–Trinajstić information content (AvgIpc) is 3.52. The molecule has 5 aliphatic rings. The molecule has 0 spiro atoms. The van der Waals surface area contributed by atoms with Crippen LogP contribution in [-0.2, 0) is 24.8 Å². The maximum Gasteiger partial charge on any atom is 0.225 e. The summed E-state index contributed by atoms with van der Waals surface area (Å²) in [5.41, 5.74) is -1.45. The fourth-order valence-electron chi connectivity index (χ4n) is 9.18. The smallest absolute Gasteiger partial charge is 0.225 e. The molecule has 4 aliphatic carbocycles. The van der Waals surface area contributed by atoms with Crippen molar-refractivity contribution in [2.75, 3.05) is 5.21 Å². The highest BCUT2D eigenvalue weighted by molar-refractivity contribution is 8.14. The number of carbonyl (C=O) groups is 2. The predicted octanol–water partition coefficient (Wildman–Crippen LogP) is 7.88. The zero-order chi connectivity index (χ0) is 31.8. The summed E-state index contributed by atoms with van der Waals surface area (Å²) in [7, 11) is 0. The Kier molecular flexibility index (Phi) is 7.98. The molecule has 1 N–H and O–H groups in total. The molecule has 45 heavy (non-hydrogen) atoms. The zero-order valence-electron chi connectivity index (χ0n) is 25.6. The number of aliphatic hydroxyl groups is 1. The minimum atomic E-state index is -1.99. The number of halogens is 2. The summed E-state index contributed by atoms with van der Waals surface area (Å²) in [4.78, 5) is 27.5. The van der Waals surface area contributed by atoms with Crippen LogP contribution in [0, 0.1) is 29.6 Å². The molecule has 7 rings (SSSR count). The second kappa shape index (κ2) is 11.3. The van der Waals surface area contributed by atoms with Gasteiger partial charge in [0.05, 0.1) is 17.4 Å². The Labute approximate surface area is 277 Å². The van der Waals surface area contributed by atoms with Gasteiger partial charge in [-0.2, -0.15) is 0 Å². The number of alkyl halides is 2. The monoisotopic (exact) mass is 668 g/mol. The van der Waals surface area contributed by atoms with Gasteiger partial charge in [0.2, 0.25) is 5.12 Å². The first kappa shape index (κ1) is 31.6. The number of aliphatic hydroxyl groups excluding tert-OH is 1. The number of carbonyl (C=O) groups excluding carboxylic acids is 2. The number of aryl methyl sites for hydroxylation is 1. The molecule has 9 heteroatoms. The number of ether oxygens (including phenoxy) is 2. The highest BCUT2D eigenvalue weighted by Crippen LogP contribution is 2.72.